The molecule has 0 fully saturated rings. The van der Waals surface area contributed by atoms with Gasteiger partial charge in [0.2, 0.25) is 0 Å². The second-order valence-electron chi connectivity index (χ2n) is 3.21. The molecule has 70 valence electrons. The molecule has 0 amide bonds. The second-order valence-corrected chi connectivity index (χ2v) is 3.21. The van der Waals surface area contributed by atoms with Crippen LogP contribution in [0, 0.1) is 5.82 Å². The molecule has 0 radical (unpaired) electrons. The van der Waals surface area contributed by atoms with Crippen LogP contribution in [-0.4, -0.2) is 17.8 Å². The smallest absolute Gasteiger partial charge is 0.123 e. The molecule has 1 aliphatic heterocycles. The standard InChI is InChI=1S/C10H11FO2/c11-8-2-4-10-7(5-8)1-3-9(6-12)13-10/h2,4-5,9,12H,1,3,6H2/t9-/m0/s1. The average Bonchev–Trinajstić information content (AvgIpc) is 2.17. The quantitative estimate of drug-likeness (QED) is 0.713. The number of fused-ring (bicyclic) bond motifs is 1. The van der Waals surface area contributed by atoms with E-state index >= 15 is 0 Å². The zero-order valence-corrected chi connectivity index (χ0v) is 7.16. The van der Waals surface area contributed by atoms with Gasteiger partial charge in [0.1, 0.15) is 17.7 Å². The molecule has 0 aliphatic carbocycles. The first kappa shape index (κ1) is 8.51. The molecular formula is C10H11FO2. The van der Waals surface area contributed by atoms with E-state index in [1.165, 1.54) is 12.1 Å². The van der Waals surface area contributed by atoms with Crippen molar-refractivity contribution in [2.45, 2.75) is 18.9 Å². The number of rotatable bonds is 1. The van der Waals surface area contributed by atoms with Gasteiger partial charge in [-0.2, -0.15) is 0 Å². The summed E-state index contributed by atoms with van der Waals surface area (Å²) in [7, 11) is 0. The molecule has 2 rings (SSSR count). The number of hydrogen-bond acceptors (Lipinski definition) is 2. The van der Waals surface area contributed by atoms with Gasteiger partial charge in [-0.05, 0) is 36.6 Å². The Labute approximate surface area is 76.0 Å². The third-order valence-corrected chi connectivity index (χ3v) is 2.26. The van der Waals surface area contributed by atoms with Crippen LogP contribution in [0.15, 0.2) is 18.2 Å². The first-order valence-electron chi connectivity index (χ1n) is 4.35. The molecule has 3 heteroatoms. The number of hydrogen-bond donors (Lipinski definition) is 1. The predicted molar refractivity (Wildman–Crippen MR) is 46.2 cm³/mol. The van der Waals surface area contributed by atoms with Crippen molar-refractivity contribution in [3.8, 4) is 5.75 Å². The van der Waals surface area contributed by atoms with E-state index in [1.807, 2.05) is 0 Å². The lowest BCUT2D eigenvalue weighted by Crippen LogP contribution is -2.26. The molecule has 0 unspecified atom stereocenters. The number of aryl methyl sites for hydroxylation is 1. The minimum Gasteiger partial charge on any atom is -0.488 e. The highest BCUT2D eigenvalue weighted by Gasteiger charge is 2.18. The SMILES string of the molecule is OC[C@@H]1CCc2cc(F)ccc2O1. The highest BCUT2D eigenvalue weighted by molar-refractivity contribution is 5.35. The van der Waals surface area contributed by atoms with Crippen molar-refractivity contribution >= 4 is 0 Å². The van der Waals surface area contributed by atoms with E-state index < -0.39 is 0 Å². The summed E-state index contributed by atoms with van der Waals surface area (Å²) in [4.78, 5) is 0. The van der Waals surface area contributed by atoms with E-state index in [0.29, 0.717) is 5.75 Å². The second kappa shape index (κ2) is 3.34. The lowest BCUT2D eigenvalue weighted by Gasteiger charge is -2.24. The van der Waals surface area contributed by atoms with Gasteiger partial charge < -0.3 is 9.84 Å². The molecule has 1 aromatic rings. The Hall–Kier alpha value is -1.09. The third kappa shape index (κ3) is 1.65. The summed E-state index contributed by atoms with van der Waals surface area (Å²) in [6.07, 6.45) is 1.41. The number of halogens is 1. The number of aliphatic hydroxyl groups is 1. The van der Waals surface area contributed by atoms with Gasteiger partial charge in [0.05, 0.1) is 6.61 Å². The number of aliphatic hydroxyl groups excluding tert-OH is 1. The Balaban J connectivity index is 2.26. The molecule has 2 nitrogen and oxygen atoms in total. The van der Waals surface area contributed by atoms with Crippen molar-refractivity contribution < 1.29 is 14.2 Å². The van der Waals surface area contributed by atoms with Gasteiger partial charge in [-0.25, -0.2) is 4.39 Å². The summed E-state index contributed by atoms with van der Waals surface area (Å²) in [6, 6.07) is 4.48. The molecule has 1 aromatic carbocycles. The van der Waals surface area contributed by atoms with E-state index in [1.54, 1.807) is 6.07 Å². The molecule has 1 aliphatic rings. The van der Waals surface area contributed by atoms with Crippen molar-refractivity contribution in [3.05, 3.63) is 29.6 Å². The minimum absolute atomic E-state index is 0.0246. The zero-order chi connectivity index (χ0) is 9.26. The summed E-state index contributed by atoms with van der Waals surface area (Å²) >= 11 is 0. The summed E-state index contributed by atoms with van der Waals surface area (Å²) in [6.45, 7) is 0.0246. The van der Waals surface area contributed by atoms with Crippen molar-refractivity contribution in [1.29, 1.82) is 0 Å². The van der Waals surface area contributed by atoms with E-state index in [0.717, 1.165) is 18.4 Å². The molecule has 13 heavy (non-hydrogen) atoms. The van der Waals surface area contributed by atoms with Gasteiger partial charge in [0, 0.05) is 0 Å². The molecule has 0 saturated heterocycles. The molecule has 0 aromatic heterocycles. The molecule has 1 N–H and O–H groups in total. The summed E-state index contributed by atoms with van der Waals surface area (Å²) < 4.78 is 18.2. The first-order valence-corrected chi connectivity index (χ1v) is 4.35. The largest absolute Gasteiger partial charge is 0.488 e. The third-order valence-electron chi connectivity index (χ3n) is 2.26. The van der Waals surface area contributed by atoms with Gasteiger partial charge in [-0.15, -0.1) is 0 Å². The molecule has 0 spiro atoms. The van der Waals surface area contributed by atoms with Gasteiger partial charge in [-0.3, -0.25) is 0 Å². The van der Waals surface area contributed by atoms with E-state index in [9.17, 15) is 4.39 Å². The van der Waals surface area contributed by atoms with E-state index in [-0.39, 0.29) is 18.5 Å². The van der Waals surface area contributed by atoms with Crippen LogP contribution in [0.4, 0.5) is 4.39 Å². The van der Waals surface area contributed by atoms with Crippen LogP contribution in [0.3, 0.4) is 0 Å². The topological polar surface area (TPSA) is 29.5 Å². The van der Waals surface area contributed by atoms with Crippen LogP contribution in [0.5, 0.6) is 5.75 Å². The van der Waals surface area contributed by atoms with E-state index in [4.69, 9.17) is 9.84 Å². The van der Waals surface area contributed by atoms with Crippen molar-refractivity contribution in [2.24, 2.45) is 0 Å². The monoisotopic (exact) mass is 182 g/mol. The molecule has 1 heterocycles. The summed E-state index contributed by atoms with van der Waals surface area (Å²) in [5.74, 6) is 0.469. The van der Waals surface area contributed by atoms with Crippen LogP contribution < -0.4 is 4.74 Å². The molecule has 0 bridgehead atoms. The predicted octanol–water partition coefficient (Wildman–Crippen LogP) is 1.51. The van der Waals surface area contributed by atoms with Gasteiger partial charge in [0.15, 0.2) is 0 Å². The maximum atomic E-state index is 12.8. The van der Waals surface area contributed by atoms with Crippen LogP contribution in [0.25, 0.3) is 0 Å². The lowest BCUT2D eigenvalue weighted by molar-refractivity contribution is 0.0976. The van der Waals surface area contributed by atoms with Crippen molar-refractivity contribution in [1.82, 2.24) is 0 Å². The molecule has 0 saturated carbocycles. The average molecular weight is 182 g/mol. The van der Waals surface area contributed by atoms with E-state index in [2.05, 4.69) is 0 Å². The fourth-order valence-corrected chi connectivity index (χ4v) is 1.54. The summed E-state index contributed by atoms with van der Waals surface area (Å²) in [5.41, 5.74) is 0.893. The van der Waals surface area contributed by atoms with Crippen LogP contribution >= 0.6 is 0 Å². The normalized spacial score (nSPS) is 20.6. The number of ether oxygens (including phenoxy) is 1. The Morgan fingerprint density at radius 3 is 3.15 bits per heavy atom. The highest BCUT2D eigenvalue weighted by Crippen LogP contribution is 2.27. The van der Waals surface area contributed by atoms with Crippen LogP contribution in [0.2, 0.25) is 0 Å². The minimum atomic E-state index is -0.232. The van der Waals surface area contributed by atoms with Gasteiger partial charge in [0.25, 0.3) is 0 Å². The maximum Gasteiger partial charge on any atom is 0.123 e. The van der Waals surface area contributed by atoms with Crippen LogP contribution in [-0.2, 0) is 6.42 Å². The Morgan fingerprint density at radius 2 is 2.38 bits per heavy atom. The summed E-state index contributed by atoms with van der Waals surface area (Å²) in [5, 5.41) is 8.87. The van der Waals surface area contributed by atoms with Crippen molar-refractivity contribution in [2.75, 3.05) is 6.61 Å². The van der Waals surface area contributed by atoms with Crippen molar-refractivity contribution in [3.63, 3.8) is 0 Å². The Morgan fingerprint density at radius 1 is 1.54 bits per heavy atom. The zero-order valence-electron chi connectivity index (χ0n) is 7.16. The molecule has 1 atom stereocenters. The number of benzene rings is 1. The maximum absolute atomic E-state index is 12.8. The Bertz CT molecular complexity index is 312. The lowest BCUT2D eigenvalue weighted by atomic mass is 10.0. The van der Waals surface area contributed by atoms with Gasteiger partial charge in [-0.1, -0.05) is 0 Å². The first-order chi connectivity index (χ1) is 6.29. The Kier molecular flexibility index (Phi) is 2.19. The van der Waals surface area contributed by atoms with Crippen LogP contribution in [0.1, 0.15) is 12.0 Å². The fraction of sp³-hybridized carbons (Fsp3) is 0.400. The van der Waals surface area contributed by atoms with Gasteiger partial charge >= 0.3 is 0 Å². The fourth-order valence-electron chi connectivity index (χ4n) is 1.54. The molecular weight excluding hydrogens is 171 g/mol. The highest BCUT2D eigenvalue weighted by atomic mass is 19.1.